The van der Waals surface area contributed by atoms with Crippen LogP contribution in [-0.2, 0) is 11.3 Å². The molecule has 1 aromatic carbocycles. The van der Waals surface area contributed by atoms with Crippen LogP contribution in [0.1, 0.15) is 64.5 Å². The lowest BCUT2D eigenvalue weighted by Crippen LogP contribution is -2.43. The van der Waals surface area contributed by atoms with Gasteiger partial charge in [0.2, 0.25) is 0 Å². The Morgan fingerprint density at radius 2 is 1.77 bits per heavy atom. The Morgan fingerprint density at radius 1 is 1.12 bits per heavy atom. The van der Waals surface area contributed by atoms with Crippen molar-refractivity contribution >= 4 is 23.0 Å². The number of hydrogen-bond donors (Lipinski definition) is 4. The van der Waals surface area contributed by atoms with Gasteiger partial charge < -0.3 is 26.8 Å². The van der Waals surface area contributed by atoms with Gasteiger partial charge in [-0.1, -0.05) is 76.3 Å². The second kappa shape index (κ2) is 18.3. The third-order valence-corrected chi connectivity index (χ3v) is 6.55. The molecule has 3 aromatic rings. The van der Waals surface area contributed by atoms with Crippen molar-refractivity contribution in [1.29, 1.82) is 0 Å². The molecular formula is C33H47FN8O. The summed E-state index contributed by atoms with van der Waals surface area (Å²) in [6.45, 7) is 16.2. The highest BCUT2D eigenvalue weighted by molar-refractivity contribution is 5.75. The first kappa shape index (κ1) is 34.9. The molecular weight excluding hydrogens is 543 g/mol. The molecule has 2 atom stereocenters. The second-order valence-corrected chi connectivity index (χ2v) is 9.86. The minimum atomic E-state index is -0.504. The molecule has 0 saturated heterocycles. The summed E-state index contributed by atoms with van der Waals surface area (Å²) >= 11 is 0. The first-order chi connectivity index (χ1) is 20.7. The number of anilines is 2. The van der Waals surface area contributed by atoms with Crippen molar-refractivity contribution in [2.75, 3.05) is 17.7 Å². The van der Waals surface area contributed by atoms with Crippen molar-refractivity contribution in [3.05, 3.63) is 102 Å². The fourth-order valence-electron chi connectivity index (χ4n) is 4.35. The van der Waals surface area contributed by atoms with E-state index in [9.17, 15) is 4.39 Å². The van der Waals surface area contributed by atoms with Gasteiger partial charge in [0.05, 0.1) is 24.7 Å². The van der Waals surface area contributed by atoms with Crippen LogP contribution in [0, 0.1) is 5.82 Å². The Labute approximate surface area is 255 Å². The molecule has 0 amide bonds. The van der Waals surface area contributed by atoms with Gasteiger partial charge in [-0.25, -0.2) is 9.37 Å². The number of pyridine rings is 1. The van der Waals surface area contributed by atoms with E-state index >= 15 is 0 Å². The summed E-state index contributed by atoms with van der Waals surface area (Å²) < 4.78 is 19.8. The van der Waals surface area contributed by atoms with Crippen molar-refractivity contribution in [2.24, 2.45) is 11.5 Å². The van der Waals surface area contributed by atoms with Crippen LogP contribution in [0.3, 0.4) is 0 Å². The minimum Gasteiger partial charge on any atom is -0.399 e. The molecule has 2 unspecified atom stereocenters. The molecule has 4 rings (SSSR count). The number of ether oxygens (including phenoxy) is 1. The largest absolute Gasteiger partial charge is 0.399 e. The highest BCUT2D eigenvalue weighted by Crippen LogP contribution is 2.28. The number of aromatic nitrogens is 4. The zero-order chi connectivity index (χ0) is 31.8. The molecule has 232 valence electrons. The first-order valence-corrected chi connectivity index (χ1v) is 14.6. The predicted octanol–water partition coefficient (Wildman–Crippen LogP) is 6.72. The number of nitrogens with one attached hydrogen (secondary N) is 2. The summed E-state index contributed by atoms with van der Waals surface area (Å²) in [5.41, 5.74) is 16.1. The normalized spacial score (nSPS) is 16.6. The van der Waals surface area contributed by atoms with Gasteiger partial charge in [-0.15, -0.1) is 0 Å². The van der Waals surface area contributed by atoms with Gasteiger partial charge in [0.15, 0.2) is 11.6 Å². The smallest absolute Gasteiger partial charge is 0.166 e. The molecule has 2 aromatic heterocycles. The van der Waals surface area contributed by atoms with Crippen LogP contribution in [-0.4, -0.2) is 39.2 Å². The zero-order valence-corrected chi connectivity index (χ0v) is 26.1. The van der Waals surface area contributed by atoms with E-state index in [1.807, 2.05) is 70.2 Å². The van der Waals surface area contributed by atoms with Crippen LogP contribution in [0.15, 0.2) is 85.4 Å². The van der Waals surface area contributed by atoms with Crippen molar-refractivity contribution in [1.82, 2.24) is 20.0 Å². The van der Waals surface area contributed by atoms with Gasteiger partial charge in [0.1, 0.15) is 5.82 Å². The van der Waals surface area contributed by atoms with Crippen molar-refractivity contribution in [3.63, 3.8) is 0 Å². The molecule has 0 bridgehead atoms. The molecule has 1 fully saturated rings. The summed E-state index contributed by atoms with van der Waals surface area (Å²) in [4.78, 5) is 5.98. The average Bonchev–Trinajstić information content (AvgIpc) is 3.54. The topological polar surface area (TPSA) is 129 Å². The molecule has 1 aliphatic rings. The van der Waals surface area contributed by atoms with E-state index < -0.39 is 5.82 Å². The monoisotopic (exact) mass is 590 g/mol. The standard InChI is InChI=1S/C23H31FN8.C8H10O.C2H6/c1-5-16(12-21(14(2)3)32-27-10-11-28-32)29-22-17(15(4)25)13-18(24)23(31-22)30-20-9-7-6-8-19(20)26;1-9-7-8-5-3-2-4-6-8;1-2/h5,10-13,19-20H,2,4,6-9,25-26H2,1,3H3,(H2,29,30,31);2-6H,7H2,1H3;1-2H3/b16-5+,21-12+;;. The van der Waals surface area contributed by atoms with E-state index in [1.54, 1.807) is 19.5 Å². The Hall–Kier alpha value is -4.28. The molecule has 6 N–H and O–H groups in total. The number of benzene rings is 1. The highest BCUT2D eigenvalue weighted by Gasteiger charge is 2.24. The van der Waals surface area contributed by atoms with Crippen LogP contribution in [0.5, 0.6) is 0 Å². The maximum atomic E-state index is 14.8. The van der Waals surface area contributed by atoms with Gasteiger partial charge in [-0.05, 0) is 50.0 Å². The lowest BCUT2D eigenvalue weighted by molar-refractivity contribution is 0.185. The number of rotatable bonds is 10. The van der Waals surface area contributed by atoms with E-state index in [1.165, 1.54) is 16.4 Å². The lowest BCUT2D eigenvalue weighted by atomic mass is 9.91. The predicted molar refractivity (Wildman–Crippen MR) is 176 cm³/mol. The number of hydrogen-bond acceptors (Lipinski definition) is 8. The van der Waals surface area contributed by atoms with Gasteiger partial charge in [-0.3, -0.25) is 0 Å². The lowest BCUT2D eigenvalue weighted by Gasteiger charge is -2.30. The number of nitrogens with two attached hydrogens (primary N) is 2. The Morgan fingerprint density at radius 3 is 2.33 bits per heavy atom. The van der Waals surface area contributed by atoms with Crippen LogP contribution < -0.4 is 22.1 Å². The summed E-state index contributed by atoms with van der Waals surface area (Å²) in [6, 6.07) is 11.4. The average molecular weight is 591 g/mol. The van der Waals surface area contributed by atoms with E-state index in [-0.39, 0.29) is 23.6 Å². The van der Waals surface area contributed by atoms with Crippen molar-refractivity contribution in [2.45, 2.75) is 72.1 Å². The quantitative estimate of drug-likeness (QED) is 0.192. The highest BCUT2D eigenvalue weighted by atomic mass is 19.1. The minimum absolute atomic E-state index is 0.0347. The maximum absolute atomic E-state index is 14.8. The molecule has 9 nitrogen and oxygen atoms in total. The third kappa shape index (κ3) is 10.8. The molecule has 0 aliphatic heterocycles. The summed E-state index contributed by atoms with van der Waals surface area (Å²) in [7, 11) is 1.70. The molecule has 0 radical (unpaired) electrons. The maximum Gasteiger partial charge on any atom is 0.166 e. The molecule has 43 heavy (non-hydrogen) atoms. The van der Waals surface area contributed by atoms with Crippen molar-refractivity contribution in [3.8, 4) is 0 Å². The Bertz CT molecular complexity index is 1350. The van der Waals surface area contributed by atoms with E-state index in [0.717, 1.165) is 31.3 Å². The number of halogens is 1. The van der Waals surface area contributed by atoms with Crippen LogP contribution in [0.2, 0.25) is 0 Å². The zero-order valence-electron chi connectivity index (χ0n) is 26.1. The fourth-order valence-corrected chi connectivity index (χ4v) is 4.35. The summed E-state index contributed by atoms with van der Waals surface area (Å²) in [5.74, 6) is 0.00799. The number of allylic oxidation sites excluding steroid dienone is 4. The SMILES string of the molecule is C=C(C)/C(=C\C(=C/C)Nc1nc(NC2CCCCC2N)c(F)cc1C(=C)N)n1nccn1.CC.COCc1ccccc1. The number of nitrogens with zero attached hydrogens (tertiary/aromatic N) is 4. The first-order valence-electron chi connectivity index (χ1n) is 14.6. The number of methoxy groups -OCH3 is 1. The van der Waals surface area contributed by atoms with E-state index in [4.69, 9.17) is 16.2 Å². The van der Waals surface area contributed by atoms with Crippen LogP contribution in [0.25, 0.3) is 11.4 Å². The van der Waals surface area contributed by atoms with Crippen molar-refractivity contribution < 1.29 is 9.13 Å². The van der Waals surface area contributed by atoms with Crippen LogP contribution in [0.4, 0.5) is 16.0 Å². The third-order valence-electron chi connectivity index (χ3n) is 6.55. The van der Waals surface area contributed by atoms with E-state index in [0.29, 0.717) is 29.4 Å². The van der Waals surface area contributed by atoms with E-state index in [2.05, 4.69) is 39.0 Å². The second-order valence-electron chi connectivity index (χ2n) is 9.86. The van der Waals surface area contributed by atoms with Gasteiger partial charge in [0.25, 0.3) is 0 Å². The molecule has 1 saturated carbocycles. The molecule has 0 spiro atoms. The summed E-state index contributed by atoms with van der Waals surface area (Å²) in [6.07, 6.45) is 10.8. The van der Waals surface area contributed by atoms with Gasteiger partial charge in [0, 0.05) is 36.2 Å². The van der Waals surface area contributed by atoms with Crippen LogP contribution >= 0.6 is 0 Å². The molecule has 10 heteroatoms. The Kier molecular flexibility index (Phi) is 14.9. The molecule has 1 aliphatic carbocycles. The fraction of sp³-hybridized carbons (Fsp3) is 0.364. The van der Waals surface area contributed by atoms with Gasteiger partial charge in [-0.2, -0.15) is 15.0 Å². The Balaban J connectivity index is 0.000000496. The summed E-state index contributed by atoms with van der Waals surface area (Å²) in [5, 5.41) is 14.8. The van der Waals surface area contributed by atoms with Gasteiger partial charge >= 0.3 is 0 Å². The molecule has 2 heterocycles.